The van der Waals surface area contributed by atoms with Gasteiger partial charge in [-0.25, -0.2) is 14.4 Å². The third-order valence-corrected chi connectivity index (χ3v) is 6.06. The molecule has 0 saturated carbocycles. The van der Waals surface area contributed by atoms with Crippen molar-refractivity contribution in [1.82, 2.24) is 14.5 Å². The molecule has 3 heterocycles. The molecular formula is C22H23F4N3O5. The lowest BCUT2D eigenvalue weighted by atomic mass is 9.86. The molecule has 3 aromatic rings. The Kier molecular flexibility index (Phi) is 6.38. The number of aromatic nitrogens is 3. The normalized spacial score (nSPS) is 25.1. The molecule has 2 aromatic heterocycles. The Hall–Kier alpha value is -2.64. The Morgan fingerprint density at radius 3 is 2.53 bits per heavy atom. The minimum absolute atomic E-state index is 0.253. The number of nitrogens with zero attached hydrogens (tertiary/aromatic N) is 3. The van der Waals surface area contributed by atoms with Crippen LogP contribution in [0.3, 0.4) is 0 Å². The van der Waals surface area contributed by atoms with Crippen molar-refractivity contribution >= 4 is 11.0 Å². The quantitative estimate of drug-likeness (QED) is 0.460. The Bertz CT molecular complexity index is 1180. The number of alkyl halides is 3. The van der Waals surface area contributed by atoms with Gasteiger partial charge < -0.3 is 29.4 Å². The van der Waals surface area contributed by atoms with Gasteiger partial charge in [0.05, 0.1) is 17.9 Å². The Balaban J connectivity index is 1.65. The van der Waals surface area contributed by atoms with Gasteiger partial charge in [-0.2, -0.15) is 13.2 Å². The van der Waals surface area contributed by atoms with Crippen molar-refractivity contribution in [2.45, 2.75) is 49.7 Å². The lowest BCUT2D eigenvalue weighted by Gasteiger charge is -2.32. The number of aliphatic hydroxyl groups excluding tert-OH is 2. The SMILES string of the molecule is COCCc1ncnc2c1ccn2[C@@H]1O[C@H]([C@](C)(O)c2ccc(C(F)(F)F)c(F)c2)[C@@H](O)[C@H]1O. The Morgan fingerprint density at radius 1 is 1.15 bits per heavy atom. The summed E-state index contributed by atoms with van der Waals surface area (Å²) in [5, 5.41) is 33.1. The smallest absolute Gasteiger partial charge is 0.387 e. The average molecular weight is 485 g/mol. The van der Waals surface area contributed by atoms with E-state index in [1.165, 1.54) is 10.9 Å². The van der Waals surface area contributed by atoms with Crippen molar-refractivity contribution in [3.63, 3.8) is 0 Å². The van der Waals surface area contributed by atoms with Gasteiger partial charge in [0, 0.05) is 25.1 Å². The minimum Gasteiger partial charge on any atom is -0.387 e. The maximum atomic E-state index is 14.1. The van der Waals surface area contributed by atoms with Crippen molar-refractivity contribution in [2.75, 3.05) is 13.7 Å². The van der Waals surface area contributed by atoms with Gasteiger partial charge in [0.15, 0.2) is 6.23 Å². The van der Waals surface area contributed by atoms with E-state index in [1.54, 1.807) is 19.4 Å². The number of methoxy groups -OCH3 is 1. The summed E-state index contributed by atoms with van der Waals surface area (Å²) in [6.45, 7) is 1.59. The molecular weight excluding hydrogens is 462 g/mol. The van der Waals surface area contributed by atoms with Gasteiger partial charge in [-0.15, -0.1) is 0 Å². The van der Waals surface area contributed by atoms with Crippen LogP contribution in [-0.4, -0.2) is 61.9 Å². The second-order valence-corrected chi connectivity index (χ2v) is 8.29. The largest absolute Gasteiger partial charge is 0.419 e. The summed E-state index contributed by atoms with van der Waals surface area (Å²) in [5.41, 5.74) is -2.78. The summed E-state index contributed by atoms with van der Waals surface area (Å²) in [6, 6.07) is 3.66. The van der Waals surface area contributed by atoms with Crippen molar-refractivity contribution in [1.29, 1.82) is 0 Å². The van der Waals surface area contributed by atoms with Crippen LogP contribution in [0.1, 0.15) is 30.0 Å². The van der Waals surface area contributed by atoms with Gasteiger partial charge in [0.2, 0.25) is 0 Å². The van der Waals surface area contributed by atoms with Gasteiger partial charge >= 0.3 is 6.18 Å². The predicted octanol–water partition coefficient (Wildman–Crippen LogP) is 2.31. The van der Waals surface area contributed by atoms with Gasteiger partial charge in [-0.3, -0.25) is 0 Å². The average Bonchev–Trinajstić information content (AvgIpc) is 3.33. The van der Waals surface area contributed by atoms with Crippen LogP contribution in [0.4, 0.5) is 17.6 Å². The van der Waals surface area contributed by atoms with Crippen molar-refractivity contribution < 1.29 is 42.4 Å². The summed E-state index contributed by atoms with van der Waals surface area (Å²) in [4.78, 5) is 8.46. The van der Waals surface area contributed by atoms with Crippen LogP contribution in [0.25, 0.3) is 11.0 Å². The summed E-state index contributed by atoms with van der Waals surface area (Å²) < 4.78 is 65.2. The minimum atomic E-state index is -4.90. The molecule has 184 valence electrons. The standard InChI is InChI=1S/C22H23F4N3O5/c1-21(32,11-3-4-13(14(23)9-11)22(24,25)26)18-16(30)17(31)20(34-18)29-7-5-12-15(6-8-33-2)27-10-28-19(12)29/h3-5,7,9-10,16-18,20,30-32H,6,8H2,1-2H3/t16-,17+,18-,20+,21+/m0/s1. The summed E-state index contributed by atoms with van der Waals surface area (Å²) in [5.74, 6) is -1.58. The van der Waals surface area contributed by atoms with Crippen LogP contribution >= 0.6 is 0 Å². The summed E-state index contributed by atoms with van der Waals surface area (Å²) in [7, 11) is 1.56. The number of ether oxygens (including phenoxy) is 2. The molecule has 5 atom stereocenters. The highest BCUT2D eigenvalue weighted by atomic mass is 19.4. The van der Waals surface area contributed by atoms with Crippen molar-refractivity contribution in [3.05, 3.63) is 59.4 Å². The van der Waals surface area contributed by atoms with Crippen LogP contribution in [0.15, 0.2) is 36.8 Å². The molecule has 12 heteroatoms. The zero-order valence-electron chi connectivity index (χ0n) is 18.2. The van der Waals surface area contributed by atoms with Gasteiger partial charge in [0.25, 0.3) is 0 Å². The molecule has 1 aromatic carbocycles. The number of aliphatic hydroxyl groups is 3. The monoisotopic (exact) mass is 485 g/mol. The molecule has 0 unspecified atom stereocenters. The van der Waals surface area contributed by atoms with E-state index >= 15 is 0 Å². The number of benzene rings is 1. The molecule has 4 rings (SSSR count). The van der Waals surface area contributed by atoms with E-state index < -0.39 is 47.7 Å². The molecule has 0 amide bonds. The topological polar surface area (TPSA) is 110 Å². The number of hydrogen-bond acceptors (Lipinski definition) is 7. The molecule has 0 radical (unpaired) electrons. The first kappa shape index (κ1) is 24.5. The lowest BCUT2D eigenvalue weighted by Crippen LogP contribution is -2.45. The van der Waals surface area contributed by atoms with E-state index in [2.05, 4.69) is 9.97 Å². The number of fused-ring (bicyclic) bond motifs is 1. The molecule has 8 nitrogen and oxygen atoms in total. The number of rotatable bonds is 6. The summed E-state index contributed by atoms with van der Waals surface area (Å²) >= 11 is 0. The fourth-order valence-electron chi connectivity index (χ4n) is 4.20. The van der Waals surface area contributed by atoms with Gasteiger partial charge in [-0.1, -0.05) is 6.07 Å². The summed E-state index contributed by atoms with van der Waals surface area (Å²) in [6.07, 6.45) is -7.33. The molecule has 1 saturated heterocycles. The third kappa shape index (κ3) is 4.16. The molecule has 1 aliphatic rings. The molecule has 34 heavy (non-hydrogen) atoms. The highest BCUT2D eigenvalue weighted by molar-refractivity contribution is 5.78. The van der Waals surface area contributed by atoms with Crippen LogP contribution in [0.2, 0.25) is 0 Å². The van der Waals surface area contributed by atoms with Crippen LogP contribution in [-0.2, 0) is 27.7 Å². The highest BCUT2D eigenvalue weighted by Crippen LogP contribution is 2.41. The third-order valence-electron chi connectivity index (χ3n) is 6.06. The fourth-order valence-corrected chi connectivity index (χ4v) is 4.20. The molecule has 0 aliphatic carbocycles. The van der Waals surface area contributed by atoms with Crippen LogP contribution in [0, 0.1) is 5.82 Å². The van der Waals surface area contributed by atoms with E-state index in [9.17, 15) is 32.9 Å². The second-order valence-electron chi connectivity index (χ2n) is 8.29. The molecule has 3 N–H and O–H groups in total. The molecule has 0 spiro atoms. The Morgan fingerprint density at radius 2 is 1.88 bits per heavy atom. The zero-order valence-corrected chi connectivity index (χ0v) is 18.2. The van der Waals surface area contributed by atoms with E-state index in [1.807, 2.05) is 0 Å². The van der Waals surface area contributed by atoms with Crippen LogP contribution < -0.4 is 0 Å². The molecule has 1 aliphatic heterocycles. The first-order valence-electron chi connectivity index (χ1n) is 10.4. The van der Waals surface area contributed by atoms with E-state index in [-0.39, 0.29) is 5.56 Å². The van der Waals surface area contributed by atoms with Crippen molar-refractivity contribution in [2.24, 2.45) is 0 Å². The maximum Gasteiger partial charge on any atom is 0.419 e. The van der Waals surface area contributed by atoms with E-state index in [4.69, 9.17) is 9.47 Å². The fraction of sp³-hybridized carbons (Fsp3) is 0.455. The van der Waals surface area contributed by atoms with Gasteiger partial charge in [-0.05, 0) is 30.7 Å². The first-order chi connectivity index (χ1) is 16.0. The second kappa shape index (κ2) is 8.86. The molecule has 1 fully saturated rings. The first-order valence-corrected chi connectivity index (χ1v) is 10.4. The van der Waals surface area contributed by atoms with Crippen LogP contribution in [0.5, 0.6) is 0 Å². The van der Waals surface area contributed by atoms with E-state index in [0.29, 0.717) is 41.9 Å². The lowest BCUT2D eigenvalue weighted by molar-refractivity contribution is -0.141. The Labute approximate surface area is 191 Å². The predicted molar refractivity (Wildman–Crippen MR) is 110 cm³/mol. The number of halogens is 4. The number of hydrogen-bond donors (Lipinski definition) is 3. The van der Waals surface area contributed by atoms with Gasteiger partial charge in [0.1, 0.15) is 41.7 Å². The van der Waals surface area contributed by atoms with E-state index in [0.717, 1.165) is 13.0 Å². The highest BCUT2D eigenvalue weighted by Gasteiger charge is 2.52. The van der Waals surface area contributed by atoms with Crippen molar-refractivity contribution in [3.8, 4) is 0 Å². The molecule has 0 bridgehead atoms. The zero-order chi connectivity index (χ0) is 24.8. The maximum absolute atomic E-state index is 14.1.